The molecule has 40 heavy (non-hydrogen) atoms. The Balaban J connectivity index is 2.01. The van der Waals surface area contributed by atoms with Gasteiger partial charge >= 0.3 is 0 Å². The highest BCUT2D eigenvalue weighted by molar-refractivity contribution is 7.92. The van der Waals surface area contributed by atoms with Gasteiger partial charge in [-0.3, -0.25) is 13.9 Å². The quantitative estimate of drug-likeness (QED) is 0.313. The van der Waals surface area contributed by atoms with Crippen LogP contribution in [0.2, 0.25) is 0 Å². The Hall–Kier alpha value is -3.85. The zero-order valence-electron chi connectivity index (χ0n) is 23.6. The van der Waals surface area contributed by atoms with Gasteiger partial charge in [0.15, 0.2) is 0 Å². The van der Waals surface area contributed by atoms with Gasteiger partial charge in [-0.1, -0.05) is 67.6 Å². The predicted octanol–water partition coefficient (Wildman–Crippen LogP) is 4.41. The molecule has 1 N–H and O–H groups in total. The molecule has 8 nitrogen and oxygen atoms in total. The highest BCUT2D eigenvalue weighted by Crippen LogP contribution is 2.23. The maximum atomic E-state index is 14.1. The second-order valence-corrected chi connectivity index (χ2v) is 11.6. The van der Waals surface area contributed by atoms with E-state index in [2.05, 4.69) is 5.32 Å². The lowest BCUT2D eigenvalue weighted by Crippen LogP contribution is -2.54. The molecule has 0 aliphatic heterocycles. The van der Waals surface area contributed by atoms with Crippen LogP contribution in [-0.4, -0.2) is 56.6 Å². The summed E-state index contributed by atoms with van der Waals surface area (Å²) in [5.41, 5.74) is 2.06. The molecule has 214 valence electrons. The summed E-state index contributed by atoms with van der Waals surface area (Å²) in [4.78, 5) is 29.2. The van der Waals surface area contributed by atoms with E-state index >= 15 is 0 Å². The van der Waals surface area contributed by atoms with Crippen LogP contribution < -0.4 is 14.4 Å². The van der Waals surface area contributed by atoms with Crippen LogP contribution in [0.5, 0.6) is 5.75 Å². The standard InChI is InChI=1S/C31H39N3O5S/c1-5-24(3)32-31(36)29(21-25-13-9-7-10-14-25)33(22-26-15-11-8-12-16-26)30(35)23-34(40(4,37)38)27-17-19-28(20-18-27)39-6-2/h7-20,24,29H,5-6,21-23H2,1-4H3,(H,32,36)/t24-,29+/m1/s1. The lowest BCUT2D eigenvalue weighted by atomic mass is 10.0. The number of nitrogens with zero attached hydrogens (tertiary/aromatic N) is 2. The fourth-order valence-electron chi connectivity index (χ4n) is 4.26. The number of benzene rings is 3. The Morgan fingerprint density at radius 2 is 1.45 bits per heavy atom. The predicted molar refractivity (Wildman–Crippen MR) is 159 cm³/mol. The summed E-state index contributed by atoms with van der Waals surface area (Å²) in [6.45, 7) is 5.92. The van der Waals surface area contributed by atoms with Gasteiger partial charge in [0.1, 0.15) is 18.3 Å². The third-order valence-corrected chi connectivity index (χ3v) is 7.72. The van der Waals surface area contributed by atoms with E-state index in [-0.39, 0.29) is 24.9 Å². The van der Waals surface area contributed by atoms with Gasteiger partial charge in [-0.05, 0) is 55.7 Å². The first-order chi connectivity index (χ1) is 19.1. The van der Waals surface area contributed by atoms with E-state index in [0.29, 0.717) is 18.0 Å². The van der Waals surface area contributed by atoms with Gasteiger partial charge in [-0.25, -0.2) is 8.42 Å². The SMILES string of the molecule is CCOc1ccc(N(CC(=O)N(Cc2ccccc2)[C@@H](Cc2ccccc2)C(=O)N[C@H](C)CC)S(C)(=O)=O)cc1. The van der Waals surface area contributed by atoms with Crippen LogP contribution in [0.25, 0.3) is 0 Å². The van der Waals surface area contributed by atoms with Crippen LogP contribution in [0.3, 0.4) is 0 Å². The lowest BCUT2D eigenvalue weighted by Gasteiger charge is -2.34. The lowest BCUT2D eigenvalue weighted by molar-refractivity contribution is -0.140. The summed E-state index contributed by atoms with van der Waals surface area (Å²) >= 11 is 0. The van der Waals surface area contributed by atoms with Gasteiger partial charge in [0.25, 0.3) is 0 Å². The highest BCUT2D eigenvalue weighted by Gasteiger charge is 2.33. The molecule has 2 amide bonds. The van der Waals surface area contributed by atoms with Crippen molar-refractivity contribution < 1.29 is 22.7 Å². The van der Waals surface area contributed by atoms with Gasteiger partial charge in [0.05, 0.1) is 18.6 Å². The topological polar surface area (TPSA) is 96.0 Å². The first-order valence-corrected chi connectivity index (χ1v) is 15.4. The van der Waals surface area contributed by atoms with E-state index in [0.717, 1.165) is 28.1 Å². The molecule has 0 radical (unpaired) electrons. The fourth-order valence-corrected chi connectivity index (χ4v) is 5.11. The summed E-state index contributed by atoms with van der Waals surface area (Å²) in [6.07, 6.45) is 2.08. The van der Waals surface area contributed by atoms with Crippen molar-refractivity contribution in [3.05, 3.63) is 96.1 Å². The minimum atomic E-state index is -3.83. The van der Waals surface area contributed by atoms with Crippen molar-refractivity contribution in [2.75, 3.05) is 23.7 Å². The Kier molecular flexibility index (Phi) is 11.1. The Morgan fingerprint density at radius 1 is 0.875 bits per heavy atom. The zero-order chi connectivity index (χ0) is 29.1. The maximum Gasteiger partial charge on any atom is 0.244 e. The minimum absolute atomic E-state index is 0.0872. The Bertz CT molecular complexity index is 1330. The molecule has 2 atom stereocenters. The summed E-state index contributed by atoms with van der Waals surface area (Å²) < 4.78 is 32.3. The normalized spacial score (nSPS) is 12.7. The van der Waals surface area contributed by atoms with Crippen LogP contribution in [-0.2, 0) is 32.6 Å². The van der Waals surface area contributed by atoms with E-state index in [1.807, 2.05) is 81.4 Å². The van der Waals surface area contributed by atoms with Crippen LogP contribution in [0.1, 0.15) is 38.3 Å². The van der Waals surface area contributed by atoms with E-state index in [9.17, 15) is 18.0 Å². The zero-order valence-corrected chi connectivity index (χ0v) is 24.4. The molecular weight excluding hydrogens is 526 g/mol. The molecule has 0 aromatic heterocycles. The molecule has 0 saturated heterocycles. The van der Waals surface area contributed by atoms with Crippen molar-refractivity contribution in [3.8, 4) is 5.75 Å². The van der Waals surface area contributed by atoms with Crippen molar-refractivity contribution in [2.24, 2.45) is 0 Å². The average molecular weight is 566 g/mol. The third-order valence-electron chi connectivity index (χ3n) is 6.58. The number of nitrogens with one attached hydrogen (secondary N) is 1. The van der Waals surface area contributed by atoms with Crippen molar-refractivity contribution in [1.82, 2.24) is 10.2 Å². The van der Waals surface area contributed by atoms with E-state index in [4.69, 9.17) is 4.74 Å². The van der Waals surface area contributed by atoms with Gasteiger partial charge < -0.3 is 15.0 Å². The molecule has 3 aromatic carbocycles. The monoisotopic (exact) mass is 565 g/mol. The first kappa shape index (κ1) is 30.7. The Labute approximate surface area is 238 Å². The highest BCUT2D eigenvalue weighted by atomic mass is 32.2. The van der Waals surface area contributed by atoms with E-state index in [1.165, 1.54) is 4.90 Å². The number of sulfonamides is 1. The number of hydrogen-bond donors (Lipinski definition) is 1. The molecule has 0 heterocycles. The van der Waals surface area contributed by atoms with Gasteiger partial charge in [0.2, 0.25) is 21.8 Å². The summed E-state index contributed by atoms with van der Waals surface area (Å²) in [5, 5.41) is 3.03. The second-order valence-electron chi connectivity index (χ2n) is 9.73. The maximum absolute atomic E-state index is 14.1. The Morgan fingerprint density at radius 3 is 1.98 bits per heavy atom. The molecule has 3 aromatic rings. The van der Waals surface area contributed by atoms with Crippen LogP contribution in [0.15, 0.2) is 84.9 Å². The summed E-state index contributed by atoms with van der Waals surface area (Å²) in [7, 11) is -3.83. The molecule has 0 spiro atoms. The van der Waals surface area contributed by atoms with Crippen LogP contribution in [0, 0.1) is 0 Å². The smallest absolute Gasteiger partial charge is 0.244 e. The number of amides is 2. The molecule has 0 unspecified atom stereocenters. The van der Waals surface area contributed by atoms with Crippen molar-refractivity contribution in [3.63, 3.8) is 0 Å². The summed E-state index contributed by atoms with van der Waals surface area (Å²) in [6, 6.07) is 24.5. The molecular formula is C31H39N3O5S. The molecule has 0 bridgehead atoms. The van der Waals surface area contributed by atoms with Crippen molar-refractivity contribution in [1.29, 1.82) is 0 Å². The molecule has 9 heteroatoms. The molecule has 0 aliphatic carbocycles. The largest absolute Gasteiger partial charge is 0.494 e. The number of anilines is 1. The van der Waals surface area contributed by atoms with Crippen LogP contribution >= 0.6 is 0 Å². The molecule has 0 saturated carbocycles. The van der Waals surface area contributed by atoms with Gasteiger partial charge in [0, 0.05) is 19.0 Å². The number of hydrogen-bond acceptors (Lipinski definition) is 5. The van der Waals surface area contributed by atoms with Crippen molar-refractivity contribution in [2.45, 2.75) is 52.2 Å². The van der Waals surface area contributed by atoms with Crippen molar-refractivity contribution >= 4 is 27.5 Å². The fraction of sp³-hybridized carbons (Fsp3) is 0.355. The minimum Gasteiger partial charge on any atom is -0.494 e. The molecule has 0 fully saturated rings. The van der Waals surface area contributed by atoms with Gasteiger partial charge in [-0.15, -0.1) is 0 Å². The summed E-state index contributed by atoms with van der Waals surface area (Å²) in [5.74, 6) is -0.167. The van der Waals surface area contributed by atoms with E-state index < -0.39 is 28.5 Å². The first-order valence-electron chi connectivity index (χ1n) is 13.5. The number of ether oxygens (including phenoxy) is 1. The number of carbonyl (C=O) groups excluding carboxylic acids is 2. The van der Waals surface area contributed by atoms with E-state index in [1.54, 1.807) is 24.3 Å². The number of carbonyl (C=O) groups is 2. The molecule has 0 aliphatic rings. The second kappa shape index (κ2) is 14.5. The van der Waals surface area contributed by atoms with Crippen LogP contribution in [0.4, 0.5) is 5.69 Å². The number of rotatable bonds is 14. The third kappa shape index (κ3) is 8.84. The average Bonchev–Trinajstić information content (AvgIpc) is 2.94. The molecule has 3 rings (SSSR count). The van der Waals surface area contributed by atoms with Gasteiger partial charge in [-0.2, -0.15) is 0 Å².